The van der Waals surface area contributed by atoms with Crippen molar-refractivity contribution in [3.63, 3.8) is 0 Å². The molecule has 34 heavy (non-hydrogen) atoms. The second-order valence-corrected chi connectivity index (χ2v) is 8.60. The van der Waals surface area contributed by atoms with Crippen LogP contribution in [0.4, 0.5) is 8.78 Å². The number of hydrogen-bond donors (Lipinski definition) is 1. The first-order valence-electron chi connectivity index (χ1n) is 10.3. The zero-order chi connectivity index (χ0) is 24.4. The molecule has 10 heteroatoms. The van der Waals surface area contributed by atoms with Gasteiger partial charge in [-0.2, -0.15) is 0 Å². The Kier molecular flexibility index (Phi) is 6.60. The number of aromatic nitrogens is 2. The fraction of sp³-hybridized carbons (Fsp3) is 0.208. The van der Waals surface area contributed by atoms with Crippen molar-refractivity contribution in [1.29, 1.82) is 0 Å². The summed E-state index contributed by atoms with van der Waals surface area (Å²) in [5.74, 6) is -1.67. The number of methoxy groups -OCH3 is 1. The Balaban J connectivity index is 1.62. The summed E-state index contributed by atoms with van der Waals surface area (Å²) in [6, 6.07) is 9.37. The SMILES string of the molecule is COc1cc(C=c2sc3nc(-c4ccc(C(=O)N(C)CCCF)cc4)cn3c2=O)cc(F)c1O. The Labute approximate surface area is 197 Å². The summed E-state index contributed by atoms with van der Waals surface area (Å²) in [7, 11) is 2.94. The predicted molar refractivity (Wildman–Crippen MR) is 126 cm³/mol. The molecular weight excluding hydrogens is 464 g/mol. The van der Waals surface area contributed by atoms with E-state index in [-0.39, 0.29) is 23.6 Å². The molecule has 176 valence electrons. The normalized spacial score (nSPS) is 11.8. The number of phenolic OH excluding ortho intramolecular Hbond substituents is 1. The molecular formula is C24H21F2N3O4S. The molecule has 0 spiro atoms. The zero-order valence-corrected chi connectivity index (χ0v) is 19.2. The molecule has 0 fully saturated rings. The first-order valence-corrected chi connectivity index (χ1v) is 11.2. The number of nitrogens with zero attached hydrogens (tertiary/aromatic N) is 3. The average Bonchev–Trinajstić information content (AvgIpc) is 3.38. The summed E-state index contributed by atoms with van der Waals surface area (Å²) >= 11 is 1.14. The lowest BCUT2D eigenvalue weighted by Crippen LogP contribution is -2.27. The number of carbonyl (C=O) groups excluding carboxylic acids is 1. The number of imidazole rings is 1. The molecule has 2 aromatic heterocycles. The molecule has 0 bridgehead atoms. The summed E-state index contributed by atoms with van der Waals surface area (Å²) in [5.41, 5.74) is 1.83. The predicted octanol–water partition coefficient (Wildman–Crippen LogP) is 3.26. The number of thiazole rings is 1. The number of benzene rings is 2. The van der Waals surface area contributed by atoms with E-state index in [0.717, 1.165) is 23.0 Å². The van der Waals surface area contributed by atoms with Crippen molar-refractivity contribution in [2.24, 2.45) is 0 Å². The molecule has 4 aromatic rings. The molecule has 0 unspecified atom stereocenters. The van der Waals surface area contributed by atoms with Crippen LogP contribution in [0.2, 0.25) is 0 Å². The van der Waals surface area contributed by atoms with Crippen LogP contribution in [0.15, 0.2) is 47.4 Å². The van der Waals surface area contributed by atoms with Crippen LogP contribution >= 0.6 is 11.3 Å². The number of phenols is 1. The lowest BCUT2D eigenvalue weighted by molar-refractivity contribution is 0.0791. The topological polar surface area (TPSA) is 84.1 Å². The summed E-state index contributed by atoms with van der Waals surface area (Å²) < 4.78 is 33.0. The first-order chi connectivity index (χ1) is 16.3. The molecule has 4 rings (SSSR count). The maximum absolute atomic E-state index is 13.9. The van der Waals surface area contributed by atoms with Crippen molar-refractivity contribution < 1.29 is 23.4 Å². The minimum absolute atomic E-state index is 0.0298. The Morgan fingerprint density at radius 2 is 2.03 bits per heavy atom. The highest BCUT2D eigenvalue weighted by atomic mass is 32.1. The van der Waals surface area contributed by atoms with E-state index < -0.39 is 18.2 Å². The van der Waals surface area contributed by atoms with E-state index >= 15 is 0 Å². The van der Waals surface area contributed by atoms with Crippen molar-refractivity contribution >= 4 is 28.3 Å². The van der Waals surface area contributed by atoms with E-state index in [0.29, 0.717) is 32.9 Å². The molecule has 0 aliphatic heterocycles. The zero-order valence-electron chi connectivity index (χ0n) is 18.4. The van der Waals surface area contributed by atoms with E-state index in [1.807, 2.05) is 0 Å². The van der Waals surface area contributed by atoms with E-state index in [2.05, 4.69) is 4.98 Å². The van der Waals surface area contributed by atoms with Gasteiger partial charge in [-0.25, -0.2) is 9.37 Å². The van der Waals surface area contributed by atoms with Crippen molar-refractivity contribution in [1.82, 2.24) is 14.3 Å². The maximum atomic E-state index is 13.9. The van der Waals surface area contributed by atoms with Crippen molar-refractivity contribution in [3.05, 3.63) is 74.4 Å². The Morgan fingerprint density at radius 1 is 1.29 bits per heavy atom. The van der Waals surface area contributed by atoms with Gasteiger partial charge in [0.15, 0.2) is 22.3 Å². The molecule has 1 N–H and O–H groups in total. The fourth-order valence-corrected chi connectivity index (χ4v) is 4.41. The monoisotopic (exact) mass is 485 g/mol. The van der Waals surface area contributed by atoms with Gasteiger partial charge in [0.1, 0.15) is 0 Å². The smallest absolute Gasteiger partial charge is 0.274 e. The van der Waals surface area contributed by atoms with Gasteiger partial charge in [0.2, 0.25) is 0 Å². The molecule has 0 saturated carbocycles. The van der Waals surface area contributed by atoms with Crippen molar-refractivity contribution in [2.45, 2.75) is 6.42 Å². The third-order valence-corrected chi connectivity index (χ3v) is 6.26. The molecule has 2 heterocycles. The van der Waals surface area contributed by atoms with E-state index in [1.54, 1.807) is 37.5 Å². The number of alkyl halides is 1. The molecule has 7 nitrogen and oxygen atoms in total. The number of hydrogen-bond acceptors (Lipinski definition) is 6. The van der Waals surface area contributed by atoms with Gasteiger partial charge >= 0.3 is 0 Å². The minimum atomic E-state index is -0.850. The van der Waals surface area contributed by atoms with Crippen LogP contribution in [0.25, 0.3) is 22.3 Å². The van der Waals surface area contributed by atoms with E-state index in [4.69, 9.17) is 4.74 Å². The van der Waals surface area contributed by atoms with Gasteiger partial charge in [-0.1, -0.05) is 23.5 Å². The van der Waals surface area contributed by atoms with E-state index in [1.165, 1.54) is 28.6 Å². The minimum Gasteiger partial charge on any atom is -0.502 e. The van der Waals surface area contributed by atoms with Crippen LogP contribution in [0.5, 0.6) is 11.5 Å². The van der Waals surface area contributed by atoms with Crippen LogP contribution in [-0.4, -0.2) is 52.7 Å². The Bertz CT molecular complexity index is 1460. The molecule has 0 aliphatic rings. The highest BCUT2D eigenvalue weighted by Crippen LogP contribution is 2.30. The second-order valence-electron chi connectivity index (χ2n) is 7.59. The van der Waals surface area contributed by atoms with Crippen LogP contribution in [-0.2, 0) is 0 Å². The van der Waals surface area contributed by atoms with Gasteiger partial charge in [-0.3, -0.25) is 18.4 Å². The van der Waals surface area contributed by atoms with Gasteiger partial charge in [0, 0.05) is 30.9 Å². The van der Waals surface area contributed by atoms with Crippen molar-refractivity contribution in [2.75, 3.05) is 27.4 Å². The standard InChI is InChI=1S/C24H21F2N3O4S/c1-28(9-3-8-25)22(31)16-6-4-15(5-7-16)18-13-29-23(32)20(34-24(29)27-18)12-14-10-17(26)21(30)19(11-14)33-2/h4-7,10-13,30H,3,8-9H2,1-2H3. The van der Waals surface area contributed by atoms with Crippen LogP contribution in [0.1, 0.15) is 22.3 Å². The van der Waals surface area contributed by atoms with Crippen LogP contribution in [0, 0.1) is 5.82 Å². The molecule has 0 radical (unpaired) electrons. The third-order valence-electron chi connectivity index (χ3n) is 5.27. The second kappa shape index (κ2) is 9.60. The number of fused-ring (bicyclic) bond motifs is 1. The number of ether oxygens (including phenoxy) is 1. The third kappa shape index (κ3) is 4.49. The summed E-state index contributed by atoms with van der Waals surface area (Å²) in [4.78, 5) is 31.7. The van der Waals surface area contributed by atoms with Gasteiger partial charge in [-0.15, -0.1) is 0 Å². The van der Waals surface area contributed by atoms with Crippen LogP contribution in [0.3, 0.4) is 0 Å². The highest BCUT2D eigenvalue weighted by Gasteiger charge is 2.14. The molecule has 0 atom stereocenters. The van der Waals surface area contributed by atoms with Gasteiger partial charge < -0.3 is 14.7 Å². The molecule has 0 saturated heterocycles. The summed E-state index contributed by atoms with van der Waals surface area (Å²) in [6.45, 7) is -0.140. The lowest BCUT2D eigenvalue weighted by atomic mass is 10.1. The number of rotatable bonds is 7. The van der Waals surface area contributed by atoms with E-state index in [9.17, 15) is 23.5 Å². The van der Waals surface area contributed by atoms with Gasteiger partial charge in [0.05, 0.1) is 24.0 Å². The maximum Gasteiger partial charge on any atom is 0.274 e. The quantitative estimate of drug-likeness (QED) is 0.435. The number of halogens is 2. The number of aromatic hydroxyl groups is 1. The van der Waals surface area contributed by atoms with Crippen LogP contribution < -0.4 is 14.8 Å². The Hall–Kier alpha value is -3.79. The highest BCUT2D eigenvalue weighted by molar-refractivity contribution is 7.15. The first kappa shape index (κ1) is 23.4. The fourth-order valence-electron chi connectivity index (χ4n) is 3.46. The molecule has 1 amide bonds. The summed E-state index contributed by atoms with van der Waals surface area (Å²) in [6.07, 6.45) is 3.40. The Morgan fingerprint density at radius 3 is 2.68 bits per heavy atom. The largest absolute Gasteiger partial charge is 0.502 e. The van der Waals surface area contributed by atoms with Gasteiger partial charge in [-0.05, 0) is 42.3 Å². The van der Waals surface area contributed by atoms with Gasteiger partial charge in [0.25, 0.3) is 11.5 Å². The molecule has 2 aromatic carbocycles. The summed E-state index contributed by atoms with van der Waals surface area (Å²) in [5, 5.41) is 9.65. The lowest BCUT2D eigenvalue weighted by Gasteiger charge is -2.16. The molecule has 0 aliphatic carbocycles. The van der Waals surface area contributed by atoms with Crippen molar-refractivity contribution in [3.8, 4) is 22.8 Å². The number of amides is 1. The average molecular weight is 486 g/mol. The number of carbonyl (C=O) groups is 1.